The Morgan fingerprint density at radius 3 is 2.71 bits per heavy atom. The molecule has 6 nitrogen and oxygen atoms in total. The second-order valence-corrected chi connectivity index (χ2v) is 7.12. The lowest BCUT2D eigenvalue weighted by atomic mass is 10.4. The predicted octanol–water partition coefficient (Wildman–Crippen LogP) is 1.53. The Hall–Kier alpha value is -0.670. The van der Waals surface area contributed by atoms with Crippen molar-refractivity contribution in [2.24, 2.45) is 0 Å². The second kappa shape index (κ2) is 8.70. The Bertz CT molecular complexity index is 595. The van der Waals surface area contributed by atoms with Crippen molar-refractivity contribution in [2.75, 3.05) is 26.8 Å². The number of methoxy groups -OCH3 is 1. The number of benzene rings is 1. The molecule has 0 aromatic heterocycles. The minimum atomic E-state index is -3.74. The first-order valence-electron chi connectivity index (χ1n) is 6.07. The zero-order chi connectivity index (χ0) is 15.9. The summed E-state index contributed by atoms with van der Waals surface area (Å²) in [7, 11) is -2.21. The number of halogens is 2. The number of amides is 1. The molecule has 0 atom stereocenters. The molecule has 0 fully saturated rings. The van der Waals surface area contributed by atoms with E-state index >= 15 is 0 Å². The van der Waals surface area contributed by atoms with Gasteiger partial charge in [-0.05, 0) is 18.2 Å². The van der Waals surface area contributed by atoms with E-state index in [9.17, 15) is 13.2 Å². The normalized spacial score (nSPS) is 11.4. The number of hydrogen-bond donors (Lipinski definition) is 2. The number of hydrogen-bond acceptors (Lipinski definition) is 4. The number of carbonyl (C=O) groups is 1. The van der Waals surface area contributed by atoms with Gasteiger partial charge in [0.15, 0.2) is 0 Å². The van der Waals surface area contributed by atoms with Gasteiger partial charge >= 0.3 is 0 Å². The smallest absolute Gasteiger partial charge is 0.242 e. The van der Waals surface area contributed by atoms with Crippen LogP contribution in [-0.2, 0) is 19.6 Å². The number of ether oxygens (including phenoxy) is 1. The Balaban J connectivity index is 2.52. The van der Waals surface area contributed by atoms with Crippen molar-refractivity contribution in [2.45, 2.75) is 11.3 Å². The van der Waals surface area contributed by atoms with Gasteiger partial charge in [-0.15, -0.1) is 0 Å². The fraction of sp³-hybridized carbons (Fsp3) is 0.417. The van der Waals surface area contributed by atoms with Crippen LogP contribution in [0.3, 0.4) is 0 Å². The summed E-state index contributed by atoms with van der Waals surface area (Å²) in [6, 6.07) is 4.47. The molecule has 21 heavy (non-hydrogen) atoms. The summed E-state index contributed by atoms with van der Waals surface area (Å²) in [5.74, 6) is -0.253. The van der Waals surface area contributed by atoms with Crippen LogP contribution in [0.15, 0.2) is 27.6 Å². The SMILES string of the molecule is COCCNC(=O)CCNS(=O)(=O)c1ccc(Br)cc1Cl. The maximum Gasteiger partial charge on any atom is 0.242 e. The van der Waals surface area contributed by atoms with Crippen LogP contribution in [0.1, 0.15) is 6.42 Å². The number of carbonyl (C=O) groups excluding carboxylic acids is 1. The molecule has 1 rings (SSSR count). The van der Waals surface area contributed by atoms with Gasteiger partial charge in [0.25, 0.3) is 0 Å². The summed E-state index contributed by atoms with van der Waals surface area (Å²) >= 11 is 9.10. The molecular weight excluding hydrogens is 384 g/mol. The number of sulfonamides is 1. The quantitative estimate of drug-likeness (QED) is 0.649. The molecule has 0 heterocycles. The minimum Gasteiger partial charge on any atom is -0.383 e. The molecule has 0 aliphatic heterocycles. The predicted molar refractivity (Wildman–Crippen MR) is 83.8 cm³/mol. The molecular formula is C12H16BrClN2O4S. The average molecular weight is 400 g/mol. The van der Waals surface area contributed by atoms with Crippen molar-refractivity contribution in [3.63, 3.8) is 0 Å². The third-order valence-electron chi connectivity index (χ3n) is 2.46. The standard InChI is InChI=1S/C12H16BrClN2O4S/c1-20-7-6-15-12(17)4-5-16-21(18,19)11-3-2-9(13)8-10(11)14/h2-3,8,16H,4-7H2,1H3,(H,15,17). The van der Waals surface area contributed by atoms with Crippen molar-refractivity contribution in [3.8, 4) is 0 Å². The first-order valence-corrected chi connectivity index (χ1v) is 8.72. The van der Waals surface area contributed by atoms with Crippen molar-refractivity contribution >= 4 is 43.5 Å². The molecule has 0 unspecified atom stereocenters. The van der Waals surface area contributed by atoms with Gasteiger partial charge in [0.1, 0.15) is 4.90 Å². The van der Waals surface area contributed by atoms with Crippen molar-refractivity contribution in [1.29, 1.82) is 0 Å². The van der Waals surface area contributed by atoms with Crippen LogP contribution in [0.5, 0.6) is 0 Å². The average Bonchev–Trinajstić information content (AvgIpc) is 2.38. The van der Waals surface area contributed by atoms with Gasteiger partial charge in [0, 0.05) is 31.1 Å². The third kappa shape index (κ3) is 6.31. The molecule has 0 saturated heterocycles. The highest BCUT2D eigenvalue weighted by atomic mass is 79.9. The lowest BCUT2D eigenvalue weighted by Crippen LogP contribution is -2.32. The zero-order valence-electron chi connectivity index (χ0n) is 11.4. The molecule has 0 spiro atoms. The Morgan fingerprint density at radius 2 is 2.10 bits per heavy atom. The van der Waals surface area contributed by atoms with Crippen LogP contribution >= 0.6 is 27.5 Å². The summed E-state index contributed by atoms with van der Waals surface area (Å²) < 4.78 is 31.9. The molecule has 0 bridgehead atoms. The Kier molecular flexibility index (Phi) is 7.61. The Morgan fingerprint density at radius 1 is 1.38 bits per heavy atom. The van der Waals surface area contributed by atoms with Gasteiger partial charge in [0.05, 0.1) is 11.6 Å². The topological polar surface area (TPSA) is 84.5 Å². The first-order chi connectivity index (χ1) is 9.86. The monoisotopic (exact) mass is 398 g/mol. The highest BCUT2D eigenvalue weighted by molar-refractivity contribution is 9.10. The fourth-order valence-corrected chi connectivity index (χ4v) is 3.52. The number of rotatable bonds is 8. The largest absolute Gasteiger partial charge is 0.383 e. The summed E-state index contributed by atoms with van der Waals surface area (Å²) in [5, 5.41) is 2.71. The minimum absolute atomic E-state index is 0.00641. The van der Waals surface area contributed by atoms with Gasteiger partial charge in [-0.2, -0.15) is 0 Å². The summed E-state index contributed by atoms with van der Waals surface area (Å²) in [6.45, 7) is 0.792. The van der Waals surface area contributed by atoms with E-state index in [1.54, 1.807) is 6.07 Å². The number of nitrogens with one attached hydrogen (secondary N) is 2. The molecule has 0 saturated carbocycles. The van der Waals surface area contributed by atoms with Crippen molar-refractivity contribution in [1.82, 2.24) is 10.0 Å². The van der Waals surface area contributed by atoms with E-state index in [-0.39, 0.29) is 28.8 Å². The zero-order valence-corrected chi connectivity index (χ0v) is 14.5. The van der Waals surface area contributed by atoms with Crippen molar-refractivity contribution < 1.29 is 17.9 Å². The van der Waals surface area contributed by atoms with E-state index in [4.69, 9.17) is 16.3 Å². The van der Waals surface area contributed by atoms with Gasteiger partial charge in [0.2, 0.25) is 15.9 Å². The summed E-state index contributed by atoms with van der Waals surface area (Å²) in [6.07, 6.45) is 0.0388. The van der Waals surface area contributed by atoms with Gasteiger partial charge in [-0.1, -0.05) is 27.5 Å². The first kappa shape index (κ1) is 18.4. The van der Waals surface area contributed by atoms with Gasteiger partial charge in [-0.25, -0.2) is 13.1 Å². The summed E-state index contributed by atoms with van der Waals surface area (Å²) in [5.41, 5.74) is 0. The van der Waals surface area contributed by atoms with Crippen LogP contribution in [-0.4, -0.2) is 41.1 Å². The van der Waals surface area contributed by atoms with Crippen LogP contribution in [0.4, 0.5) is 0 Å². The van der Waals surface area contributed by atoms with E-state index in [2.05, 4.69) is 26.0 Å². The molecule has 1 aromatic rings. The molecule has 9 heteroatoms. The highest BCUT2D eigenvalue weighted by Crippen LogP contribution is 2.24. The van der Waals surface area contributed by atoms with Crippen LogP contribution in [0.25, 0.3) is 0 Å². The lowest BCUT2D eigenvalue weighted by molar-refractivity contribution is -0.121. The molecule has 0 radical (unpaired) electrons. The third-order valence-corrected chi connectivity index (χ3v) is 4.89. The fourth-order valence-electron chi connectivity index (χ4n) is 1.45. The lowest BCUT2D eigenvalue weighted by Gasteiger charge is -2.09. The van der Waals surface area contributed by atoms with E-state index in [0.717, 1.165) is 0 Å². The van der Waals surface area contributed by atoms with Crippen LogP contribution in [0, 0.1) is 0 Å². The second-order valence-electron chi connectivity index (χ2n) is 4.07. The molecule has 0 aliphatic carbocycles. The van der Waals surface area contributed by atoms with Crippen molar-refractivity contribution in [3.05, 3.63) is 27.7 Å². The van der Waals surface area contributed by atoms with E-state index in [1.165, 1.54) is 19.2 Å². The molecule has 0 aliphatic rings. The molecule has 1 amide bonds. The van der Waals surface area contributed by atoms with E-state index in [1.807, 2.05) is 0 Å². The Labute approximate surface area is 137 Å². The van der Waals surface area contributed by atoms with E-state index < -0.39 is 10.0 Å². The maximum absolute atomic E-state index is 12.0. The van der Waals surface area contributed by atoms with Crippen LogP contribution < -0.4 is 10.0 Å². The van der Waals surface area contributed by atoms with E-state index in [0.29, 0.717) is 17.6 Å². The molecule has 1 aromatic carbocycles. The summed E-state index contributed by atoms with van der Waals surface area (Å²) in [4.78, 5) is 11.4. The highest BCUT2D eigenvalue weighted by Gasteiger charge is 2.17. The molecule has 118 valence electrons. The van der Waals surface area contributed by atoms with Gasteiger partial charge in [-0.3, -0.25) is 4.79 Å². The van der Waals surface area contributed by atoms with Crippen LogP contribution in [0.2, 0.25) is 5.02 Å². The van der Waals surface area contributed by atoms with Gasteiger partial charge < -0.3 is 10.1 Å². The molecule has 2 N–H and O–H groups in total. The maximum atomic E-state index is 12.0.